The van der Waals surface area contributed by atoms with Crippen LogP contribution in [0.1, 0.15) is 41.6 Å². The number of halogens is 1. The molecule has 1 amide bonds. The first-order chi connectivity index (χ1) is 16.6. The van der Waals surface area contributed by atoms with Crippen molar-refractivity contribution in [2.45, 2.75) is 44.8 Å². The standard InChI is InChI=1S/C26H29FN4O3/c1-17-2-7-21(22(27)14-17)26(32)30-18-3-5-20(6-4-18)34-24-16-19(31-10-12-33-13-11-31)15-23-25(24)29-9-8-28-23/h2,7-9,14-16,18,20H,3-6,10-13H2,1H3,(H,30,32). The van der Waals surface area contributed by atoms with Crippen molar-refractivity contribution in [3.63, 3.8) is 0 Å². The molecule has 0 radical (unpaired) electrons. The van der Waals surface area contributed by atoms with Crippen LogP contribution >= 0.6 is 0 Å². The van der Waals surface area contributed by atoms with Gasteiger partial charge in [-0.05, 0) is 56.4 Å². The van der Waals surface area contributed by atoms with E-state index in [1.54, 1.807) is 31.5 Å². The SMILES string of the molecule is Cc1ccc(C(=O)NC2CCC(Oc3cc(N4CCOCC4)cc4nccnc34)CC2)c(F)c1. The number of hydrogen-bond acceptors (Lipinski definition) is 6. The van der Waals surface area contributed by atoms with Gasteiger partial charge in [0.15, 0.2) is 0 Å². The highest BCUT2D eigenvalue weighted by molar-refractivity contribution is 5.94. The van der Waals surface area contributed by atoms with Crippen molar-refractivity contribution in [1.29, 1.82) is 0 Å². The fraction of sp³-hybridized carbons (Fsp3) is 0.423. The summed E-state index contributed by atoms with van der Waals surface area (Å²) >= 11 is 0. The molecule has 0 atom stereocenters. The van der Waals surface area contributed by atoms with Crippen LogP contribution in [-0.4, -0.2) is 54.3 Å². The quantitative estimate of drug-likeness (QED) is 0.614. The first kappa shape index (κ1) is 22.5. The molecule has 0 bridgehead atoms. The summed E-state index contributed by atoms with van der Waals surface area (Å²) in [5.41, 5.74) is 3.51. The van der Waals surface area contributed by atoms with E-state index in [1.165, 1.54) is 6.07 Å². The molecule has 5 rings (SSSR count). The molecular weight excluding hydrogens is 435 g/mol. The molecule has 2 heterocycles. The van der Waals surface area contributed by atoms with Gasteiger partial charge in [0, 0.05) is 43.3 Å². The van der Waals surface area contributed by atoms with Gasteiger partial charge in [0.25, 0.3) is 5.91 Å². The molecule has 2 aromatic carbocycles. The Kier molecular flexibility index (Phi) is 6.58. The van der Waals surface area contributed by atoms with Gasteiger partial charge in [-0.3, -0.25) is 9.78 Å². The summed E-state index contributed by atoms with van der Waals surface area (Å²) in [6.07, 6.45) is 6.54. The molecule has 178 valence electrons. The number of ether oxygens (including phenoxy) is 2. The second-order valence-electron chi connectivity index (χ2n) is 9.02. The van der Waals surface area contributed by atoms with Crippen LogP contribution in [0.3, 0.4) is 0 Å². The Morgan fingerprint density at radius 1 is 1.09 bits per heavy atom. The first-order valence-electron chi connectivity index (χ1n) is 11.9. The maximum absolute atomic E-state index is 14.2. The minimum atomic E-state index is -0.484. The number of rotatable bonds is 5. The molecule has 2 aliphatic rings. The summed E-state index contributed by atoms with van der Waals surface area (Å²) in [4.78, 5) is 23.8. The van der Waals surface area contributed by atoms with Crippen molar-refractivity contribution in [1.82, 2.24) is 15.3 Å². The van der Waals surface area contributed by atoms with Crippen molar-refractivity contribution < 1.29 is 18.7 Å². The Labute approximate surface area is 198 Å². The summed E-state index contributed by atoms with van der Waals surface area (Å²) in [5, 5.41) is 2.99. The normalized spacial score (nSPS) is 20.8. The largest absolute Gasteiger partial charge is 0.488 e. The minimum Gasteiger partial charge on any atom is -0.488 e. The van der Waals surface area contributed by atoms with Crippen molar-refractivity contribution >= 4 is 22.6 Å². The first-order valence-corrected chi connectivity index (χ1v) is 11.9. The fourth-order valence-electron chi connectivity index (χ4n) is 4.69. The number of hydrogen-bond donors (Lipinski definition) is 1. The molecule has 1 aliphatic heterocycles. The summed E-state index contributed by atoms with van der Waals surface area (Å²) < 4.78 is 26.1. The Hall–Kier alpha value is -3.26. The minimum absolute atomic E-state index is 0.00396. The number of morpholine rings is 1. The van der Waals surface area contributed by atoms with Crippen LogP contribution in [0.15, 0.2) is 42.7 Å². The third-order valence-electron chi connectivity index (χ3n) is 6.57. The molecule has 1 saturated carbocycles. The highest BCUT2D eigenvalue weighted by atomic mass is 19.1. The van der Waals surface area contributed by atoms with Gasteiger partial charge >= 0.3 is 0 Å². The maximum Gasteiger partial charge on any atom is 0.254 e. The number of carbonyl (C=O) groups excluding carboxylic acids is 1. The number of aromatic nitrogens is 2. The van der Waals surface area contributed by atoms with Crippen LogP contribution < -0.4 is 15.0 Å². The van der Waals surface area contributed by atoms with Gasteiger partial charge in [0.05, 0.1) is 30.4 Å². The van der Waals surface area contributed by atoms with Gasteiger partial charge in [-0.25, -0.2) is 9.37 Å². The topological polar surface area (TPSA) is 76.6 Å². The lowest BCUT2D eigenvalue weighted by atomic mass is 9.92. The fourth-order valence-corrected chi connectivity index (χ4v) is 4.69. The third-order valence-corrected chi connectivity index (χ3v) is 6.57. The second-order valence-corrected chi connectivity index (χ2v) is 9.02. The van der Waals surface area contributed by atoms with Gasteiger partial charge in [-0.1, -0.05) is 6.07 Å². The predicted octanol–water partition coefficient (Wildman–Crippen LogP) is 4.03. The Morgan fingerprint density at radius 2 is 1.85 bits per heavy atom. The van der Waals surface area contributed by atoms with E-state index in [0.717, 1.165) is 66.8 Å². The number of benzene rings is 2. The number of amides is 1. The Bertz CT molecular complexity index is 1170. The lowest BCUT2D eigenvalue weighted by Crippen LogP contribution is -2.40. The molecule has 3 aromatic rings. The molecule has 0 unspecified atom stereocenters. The van der Waals surface area contributed by atoms with E-state index in [-0.39, 0.29) is 23.6 Å². The van der Waals surface area contributed by atoms with Crippen molar-refractivity contribution in [2.24, 2.45) is 0 Å². The number of carbonyl (C=O) groups is 1. The van der Waals surface area contributed by atoms with E-state index >= 15 is 0 Å². The van der Waals surface area contributed by atoms with E-state index in [0.29, 0.717) is 13.2 Å². The van der Waals surface area contributed by atoms with Gasteiger partial charge in [-0.15, -0.1) is 0 Å². The monoisotopic (exact) mass is 464 g/mol. The highest BCUT2D eigenvalue weighted by Gasteiger charge is 2.26. The summed E-state index contributed by atoms with van der Waals surface area (Å²) in [6.45, 7) is 4.88. The summed E-state index contributed by atoms with van der Waals surface area (Å²) in [5.74, 6) is -0.106. The van der Waals surface area contributed by atoms with Gasteiger partial charge < -0.3 is 19.7 Å². The van der Waals surface area contributed by atoms with E-state index < -0.39 is 5.82 Å². The molecule has 1 N–H and O–H groups in total. The van der Waals surface area contributed by atoms with Crippen LogP contribution in [0.25, 0.3) is 11.0 Å². The zero-order valence-electron chi connectivity index (χ0n) is 19.3. The van der Waals surface area contributed by atoms with Crippen LogP contribution in [-0.2, 0) is 4.74 Å². The number of nitrogens with one attached hydrogen (secondary N) is 1. The van der Waals surface area contributed by atoms with E-state index in [4.69, 9.17) is 9.47 Å². The molecule has 34 heavy (non-hydrogen) atoms. The molecule has 8 heteroatoms. The van der Waals surface area contributed by atoms with E-state index in [2.05, 4.69) is 32.3 Å². The van der Waals surface area contributed by atoms with Gasteiger partial charge in [0.2, 0.25) is 0 Å². The lowest BCUT2D eigenvalue weighted by Gasteiger charge is -2.31. The average molecular weight is 465 g/mol. The molecule has 1 aromatic heterocycles. The molecular formula is C26H29FN4O3. The smallest absolute Gasteiger partial charge is 0.254 e. The molecule has 7 nitrogen and oxygen atoms in total. The predicted molar refractivity (Wildman–Crippen MR) is 128 cm³/mol. The van der Waals surface area contributed by atoms with Crippen LogP contribution in [0.2, 0.25) is 0 Å². The second kappa shape index (κ2) is 9.93. The molecule has 1 aliphatic carbocycles. The summed E-state index contributed by atoms with van der Waals surface area (Å²) in [7, 11) is 0. The van der Waals surface area contributed by atoms with Crippen LogP contribution in [0.4, 0.5) is 10.1 Å². The van der Waals surface area contributed by atoms with Gasteiger partial charge in [-0.2, -0.15) is 0 Å². The third kappa shape index (κ3) is 4.97. The van der Waals surface area contributed by atoms with E-state index in [9.17, 15) is 9.18 Å². The zero-order valence-corrected chi connectivity index (χ0v) is 19.3. The molecule has 0 spiro atoms. The van der Waals surface area contributed by atoms with Crippen molar-refractivity contribution in [2.75, 3.05) is 31.2 Å². The summed E-state index contributed by atoms with van der Waals surface area (Å²) in [6, 6.07) is 8.79. The average Bonchev–Trinajstić information content (AvgIpc) is 2.85. The van der Waals surface area contributed by atoms with E-state index in [1.807, 2.05) is 0 Å². The number of fused-ring (bicyclic) bond motifs is 1. The Morgan fingerprint density at radius 3 is 2.62 bits per heavy atom. The van der Waals surface area contributed by atoms with Gasteiger partial charge in [0.1, 0.15) is 17.1 Å². The maximum atomic E-state index is 14.2. The number of nitrogens with zero attached hydrogens (tertiary/aromatic N) is 3. The zero-order chi connectivity index (χ0) is 23.5. The van der Waals surface area contributed by atoms with Crippen molar-refractivity contribution in [3.05, 3.63) is 59.7 Å². The van der Waals surface area contributed by atoms with Crippen LogP contribution in [0.5, 0.6) is 5.75 Å². The number of aryl methyl sites for hydroxylation is 1. The molecule has 1 saturated heterocycles. The number of anilines is 1. The van der Waals surface area contributed by atoms with Crippen LogP contribution in [0, 0.1) is 12.7 Å². The van der Waals surface area contributed by atoms with Crippen molar-refractivity contribution in [3.8, 4) is 5.75 Å². The highest BCUT2D eigenvalue weighted by Crippen LogP contribution is 2.33. The lowest BCUT2D eigenvalue weighted by molar-refractivity contribution is 0.0891. The molecule has 2 fully saturated rings. The Balaban J connectivity index is 1.24.